The van der Waals surface area contributed by atoms with Crippen LogP contribution < -0.4 is 10.1 Å². The lowest BCUT2D eigenvalue weighted by Gasteiger charge is -2.10. The zero-order chi connectivity index (χ0) is 13.8. The maximum atomic E-state index is 13.7. The van der Waals surface area contributed by atoms with Crippen LogP contribution in [0.3, 0.4) is 0 Å². The Labute approximate surface area is 111 Å². The zero-order valence-electron chi connectivity index (χ0n) is 11.2. The van der Waals surface area contributed by atoms with Crippen molar-refractivity contribution in [3.8, 4) is 11.6 Å². The van der Waals surface area contributed by atoms with Crippen molar-refractivity contribution in [1.29, 1.82) is 0 Å². The van der Waals surface area contributed by atoms with Crippen LogP contribution in [-0.2, 0) is 0 Å². The van der Waals surface area contributed by atoms with Crippen LogP contribution in [-0.4, -0.2) is 16.5 Å². The highest BCUT2D eigenvalue weighted by Crippen LogP contribution is 2.26. The molecule has 0 unspecified atom stereocenters. The lowest BCUT2D eigenvalue weighted by atomic mass is 10.2. The van der Waals surface area contributed by atoms with Crippen LogP contribution >= 0.6 is 0 Å². The lowest BCUT2D eigenvalue weighted by Crippen LogP contribution is -2.04. The van der Waals surface area contributed by atoms with E-state index in [2.05, 4.69) is 15.3 Å². The molecule has 1 aromatic carbocycles. The van der Waals surface area contributed by atoms with Gasteiger partial charge in [0.1, 0.15) is 0 Å². The summed E-state index contributed by atoms with van der Waals surface area (Å²) >= 11 is 0. The summed E-state index contributed by atoms with van der Waals surface area (Å²) in [5.41, 5.74) is 1.68. The summed E-state index contributed by atoms with van der Waals surface area (Å²) in [6, 6.07) is 4.72. The van der Waals surface area contributed by atoms with Gasteiger partial charge in [-0.2, -0.15) is 4.98 Å². The normalized spacial score (nSPS) is 10.3. The van der Waals surface area contributed by atoms with E-state index in [-0.39, 0.29) is 5.75 Å². The number of hydrogen-bond donors (Lipinski definition) is 1. The second kappa shape index (κ2) is 5.65. The molecule has 19 heavy (non-hydrogen) atoms. The summed E-state index contributed by atoms with van der Waals surface area (Å²) in [6.45, 7) is 6.35. The van der Waals surface area contributed by atoms with Crippen molar-refractivity contribution in [3.05, 3.63) is 41.3 Å². The third-order valence-electron chi connectivity index (χ3n) is 2.55. The van der Waals surface area contributed by atoms with Crippen molar-refractivity contribution < 1.29 is 9.13 Å². The minimum atomic E-state index is -0.409. The third-order valence-corrected chi connectivity index (χ3v) is 2.55. The predicted octanol–water partition coefficient (Wildman–Crippen LogP) is 3.46. The van der Waals surface area contributed by atoms with Gasteiger partial charge in [0, 0.05) is 18.3 Å². The first-order chi connectivity index (χ1) is 9.10. The van der Waals surface area contributed by atoms with E-state index in [4.69, 9.17) is 4.74 Å². The minimum absolute atomic E-state index is 0.171. The molecule has 0 saturated heterocycles. The van der Waals surface area contributed by atoms with Crippen molar-refractivity contribution in [2.24, 2.45) is 0 Å². The second-order valence-corrected chi connectivity index (χ2v) is 4.25. The molecule has 1 N–H and O–H groups in total. The van der Waals surface area contributed by atoms with Crippen molar-refractivity contribution in [1.82, 2.24) is 9.97 Å². The Bertz CT molecular complexity index is 587. The highest BCUT2D eigenvalue weighted by molar-refractivity contribution is 5.37. The fourth-order valence-electron chi connectivity index (χ4n) is 1.57. The van der Waals surface area contributed by atoms with Crippen LogP contribution in [0, 0.1) is 19.7 Å². The molecule has 0 aliphatic rings. The summed E-state index contributed by atoms with van der Waals surface area (Å²) < 4.78 is 19.2. The number of benzene rings is 1. The summed E-state index contributed by atoms with van der Waals surface area (Å²) in [6.07, 6.45) is 1.65. The Balaban J connectivity index is 2.31. The van der Waals surface area contributed by atoms with Crippen LogP contribution in [0.4, 0.5) is 10.3 Å². The fourth-order valence-corrected chi connectivity index (χ4v) is 1.57. The highest BCUT2D eigenvalue weighted by atomic mass is 19.1. The number of aryl methyl sites for hydroxylation is 2. The maximum Gasteiger partial charge on any atom is 0.227 e. The molecule has 0 aliphatic carbocycles. The number of hydrogen-bond acceptors (Lipinski definition) is 4. The van der Waals surface area contributed by atoms with Gasteiger partial charge in [-0.3, -0.25) is 0 Å². The summed E-state index contributed by atoms with van der Waals surface area (Å²) in [7, 11) is 0. The van der Waals surface area contributed by atoms with Gasteiger partial charge in [-0.25, -0.2) is 9.37 Å². The van der Waals surface area contributed by atoms with E-state index in [0.29, 0.717) is 18.4 Å². The Hall–Kier alpha value is -2.17. The number of rotatable bonds is 4. The number of nitrogens with zero attached hydrogens (tertiary/aromatic N) is 2. The number of halogens is 1. The molecular weight excluding hydrogens is 245 g/mol. The molecule has 0 bridgehead atoms. The van der Waals surface area contributed by atoms with Crippen molar-refractivity contribution in [2.75, 3.05) is 11.9 Å². The van der Waals surface area contributed by atoms with Gasteiger partial charge in [0.15, 0.2) is 11.6 Å². The Morgan fingerprint density at radius 3 is 2.84 bits per heavy atom. The lowest BCUT2D eigenvalue weighted by molar-refractivity contribution is 0.423. The molecule has 5 heteroatoms. The van der Waals surface area contributed by atoms with E-state index in [9.17, 15) is 4.39 Å². The van der Waals surface area contributed by atoms with E-state index >= 15 is 0 Å². The SMILES string of the molecule is CCNc1ncc(C)c(Oc2cc(C)ccc2F)n1. The average molecular weight is 261 g/mol. The molecule has 0 spiro atoms. The van der Waals surface area contributed by atoms with Crippen molar-refractivity contribution in [3.63, 3.8) is 0 Å². The van der Waals surface area contributed by atoms with E-state index in [1.807, 2.05) is 20.8 Å². The number of aromatic nitrogens is 2. The molecule has 0 atom stereocenters. The third kappa shape index (κ3) is 3.19. The minimum Gasteiger partial charge on any atom is -0.435 e. The van der Waals surface area contributed by atoms with E-state index in [0.717, 1.165) is 11.1 Å². The van der Waals surface area contributed by atoms with Gasteiger partial charge in [-0.1, -0.05) is 6.07 Å². The first-order valence-electron chi connectivity index (χ1n) is 6.11. The molecule has 4 nitrogen and oxygen atoms in total. The zero-order valence-corrected chi connectivity index (χ0v) is 11.2. The Morgan fingerprint density at radius 1 is 1.32 bits per heavy atom. The quantitative estimate of drug-likeness (QED) is 0.915. The monoisotopic (exact) mass is 261 g/mol. The van der Waals surface area contributed by atoms with Gasteiger partial charge in [-0.15, -0.1) is 0 Å². The molecule has 0 radical (unpaired) electrons. The van der Waals surface area contributed by atoms with Gasteiger partial charge >= 0.3 is 0 Å². The maximum absolute atomic E-state index is 13.7. The number of ether oxygens (including phenoxy) is 1. The number of nitrogens with one attached hydrogen (secondary N) is 1. The van der Waals surface area contributed by atoms with E-state index < -0.39 is 5.82 Å². The summed E-state index contributed by atoms with van der Waals surface area (Å²) in [5.74, 6) is 0.587. The van der Waals surface area contributed by atoms with Gasteiger partial charge in [0.05, 0.1) is 0 Å². The van der Waals surface area contributed by atoms with Crippen LogP contribution in [0.2, 0.25) is 0 Å². The van der Waals surface area contributed by atoms with Crippen LogP contribution in [0.1, 0.15) is 18.1 Å². The van der Waals surface area contributed by atoms with Crippen molar-refractivity contribution >= 4 is 5.95 Å². The van der Waals surface area contributed by atoms with Gasteiger partial charge < -0.3 is 10.1 Å². The molecule has 0 amide bonds. The topological polar surface area (TPSA) is 47.0 Å². The molecule has 2 aromatic rings. The molecule has 0 fully saturated rings. The highest BCUT2D eigenvalue weighted by Gasteiger charge is 2.09. The van der Waals surface area contributed by atoms with Crippen LogP contribution in [0.25, 0.3) is 0 Å². The average Bonchev–Trinajstić information content (AvgIpc) is 2.38. The van der Waals surface area contributed by atoms with Gasteiger partial charge in [0.25, 0.3) is 0 Å². The Morgan fingerprint density at radius 2 is 2.11 bits per heavy atom. The van der Waals surface area contributed by atoms with Crippen LogP contribution in [0.15, 0.2) is 24.4 Å². The smallest absolute Gasteiger partial charge is 0.227 e. The molecule has 2 rings (SSSR count). The standard InChI is InChI=1S/C14H16FN3O/c1-4-16-14-17-8-10(3)13(18-14)19-12-7-9(2)5-6-11(12)15/h5-8H,4H2,1-3H3,(H,16,17,18). The molecule has 1 aromatic heterocycles. The molecule has 1 heterocycles. The first-order valence-corrected chi connectivity index (χ1v) is 6.11. The molecule has 0 saturated carbocycles. The first kappa shape index (κ1) is 13.3. The number of anilines is 1. The van der Waals surface area contributed by atoms with E-state index in [1.54, 1.807) is 18.3 Å². The molecule has 0 aliphatic heterocycles. The summed E-state index contributed by atoms with van der Waals surface area (Å²) in [4.78, 5) is 8.33. The Kier molecular flexibility index (Phi) is 3.94. The molecule has 100 valence electrons. The van der Waals surface area contributed by atoms with Crippen LogP contribution in [0.5, 0.6) is 11.6 Å². The predicted molar refractivity (Wildman–Crippen MR) is 72.1 cm³/mol. The van der Waals surface area contributed by atoms with Gasteiger partial charge in [-0.05, 0) is 38.5 Å². The van der Waals surface area contributed by atoms with Crippen molar-refractivity contribution in [2.45, 2.75) is 20.8 Å². The largest absolute Gasteiger partial charge is 0.435 e. The summed E-state index contributed by atoms with van der Waals surface area (Å²) in [5, 5.41) is 2.99. The van der Waals surface area contributed by atoms with E-state index in [1.165, 1.54) is 6.07 Å². The fraction of sp³-hybridized carbons (Fsp3) is 0.286. The second-order valence-electron chi connectivity index (χ2n) is 4.25. The molecular formula is C14H16FN3O. The van der Waals surface area contributed by atoms with Gasteiger partial charge in [0.2, 0.25) is 11.8 Å².